The Morgan fingerprint density at radius 3 is 2.47 bits per heavy atom. The van der Waals surface area contributed by atoms with Crippen LogP contribution in [0.2, 0.25) is 0 Å². The molecule has 1 aromatic carbocycles. The minimum atomic E-state index is -1.63. The lowest BCUT2D eigenvalue weighted by Gasteiger charge is -2.17. The number of hydrogen-bond donors (Lipinski definition) is 1. The highest BCUT2D eigenvalue weighted by Crippen LogP contribution is 2.41. The highest BCUT2D eigenvalue weighted by Gasteiger charge is 2.27. The normalized spacial score (nSPS) is 11.9. The summed E-state index contributed by atoms with van der Waals surface area (Å²) in [5, 5.41) is 9.86. The number of carbonyl (C=O) groups is 1. The predicted molar refractivity (Wildman–Crippen MR) is 68.8 cm³/mol. The number of aliphatic hydroxyl groups excluding tert-OH is 1. The largest absolute Gasteiger partial charge is 0.495 e. The molecule has 1 atom stereocenters. The molecule has 0 spiro atoms. The topological polar surface area (TPSA) is 65.0 Å². The average molecular weight is 337 g/mol. The summed E-state index contributed by atoms with van der Waals surface area (Å²) in [5.74, 6) is -1.57. The summed E-state index contributed by atoms with van der Waals surface area (Å²) in [5.41, 5.74) is -0.0360. The lowest BCUT2D eigenvalue weighted by Crippen LogP contribution is -2.16. The summed E-state index contributed by atoms with van der Waals surface area (Å²) >= 11 is 3.11. The van der Waals surface area contributed by atoms with Gasteiger partial charge in [0.2, 0.25) is 0 Å². The molecule has 19 heavy (non-hydrogen) atoms. The van der Waals surface area contributed by atoms with Gasteiger partial charge < -0.3 is 19.3 Å². The molecule has 0 aliphatic heterocycles. The highest BCUT2D eigenvalue weighted by atomic mass is 79.9. The van der Waals surface area contributed by atoms with Gasteiger partial charge in [0.05, 0.1) is 20.8 Å². The molecule has 0 aliphatic carbocycles. The van der Waals surface area contributed by atoms with Crippen LogP contribution in [0.1, 0.15) is 18.6 Å². The van der Waals surface area contributed by atoms with Crippen molar-refractivity contribution < 1.29 is 28.5 Å². The summed E-state index contributed by atoms with van der Waals surface area (Å²) in [6.07, 6.45) is -1.63. The Bertz CT molecular complexity index is 478. The number of methoxy groups -OCH3 is 2. The van der Waals surface area contributed by atoms with E-state index in [-0.39, 0.29) is 28.1 Å². The number of aliphatic hydroxyl groups is 1. The second-order valence-electron chi connectivity index (χ2n) is 3.48. The van der Waals surface area contributed by atoms with Gasteiger partial charge in [0.25, 0.3) is 0 Å². The molecule has 0 heterocycles. The average Bonchev–Trinajstić information content (AvgIpc) is 2.38. The summed E-state index contributed by atoms with van der Waals surface area (Å²) in [6.45, 7) is 1.71. The molecule has 1 rings (SSSR count). The molecule has 1 unspecified atom stereocenters. The van der Waals surface area contributed by atoms with Crippen molar-refractivity contribution in [2.24, 2.45) is 0 Å². The third kappa shape index (κ3) is 3.16. The third-order valence-corrected chi connectivity index (χ3v) is 3.09. The van der Waals surface area contributed by atoms with Crippen LogP contribution in [0.4, 0.5) is 4.39 Å². The van der Waals surface area contributed by atoms with Crippen LogP contribution in [0.25, 0.3) is 0 Å². The Balaban J connectivity index is 3.31. The van der Waals surface area contributed by atoms with E-state index in [0.29, 0.717) is 0 Å². The first kappa shape index (κ1) is 15.7. The van der Waals surface area contributed by atoms with Crippen molar-refractivity contribution >= 4 is 21.9 Å². The zero-order valence-electron chi connectivity index (χ0n) is 10.7. The molecule has 0 fully saturated rings. The van der Waals surface area contributed by atoms with Gasteiger partial charge >= 0.3 is 5.97 Å². The zero-order valence-corrected chi connectivity index (χ0v) is 12.3. The quantitative estimate of drug-likeness (QED) is 0.835. The van der Waals surface area contributed by atoms with E-state index < -0.39 is 17.9 Å². The summed E-state index contributed by atoms with van der Waals surface area (Å²) in [7, 11) is 2.63. The van der Waals surface area contributed by atoms with Crippen LogP contribution < -0.4 is 9.47 Å². The molecule has 0 aromatic heterocycles. The van der Waals surface area contributed by atoms with Crippen LogP contribution in [0, 0.1) is 5.82 Å². The first-order valence-corrected chi connectivity index (χ1v) is 6.21. The van der Waals surface area contributed by atoms with Crippen molar-refractivity contribution in [3.63, 3.8) is 0 Å². The van der Waals surface area contributed by atoms with Crippen LogP contribution in [-0.4, -0.2) is 31.9 Å². The minimum absolute atomic E-state index is 0.0360. The molecule has 0 saturated heterocycles. The molecule has 0 aliphatic rings. The van der Waals surface area contributed by atoms with E-state index in [0.717, 1.165) is 6.07 Å². The number of hydrogen-bond acceptors (Lipinski definition) is 5. The number of carbonyl (C=O) groups excluding carboxylic acids is 1. The molecule has 1 N–H and O–H groups in total. The predicted octanol–water partition coefficient (Wildman–Crippen LogP) is 2.20. The molecule has 0 amide bonds. The van der Waals surface area contributed by atoms with E-state index >= 15 is 0 Å². The van der Waals surface area contributed by atoms with Crippen molar-refractivity contribution in [3.05, 3.63) is 21.9 Å². The number of halogens is 2. The van der Waals surface area contributed by atoms with Gasteiger partial charge in [-0.05, 0) is 28.9 Å². The van der Waals surface area contributed by atoms with Crippen LogP contribution in [0.15, 0.2) is 10.5 Å². The van der Waals surface area contributed by atoms with E-state index in [2.05, 4.69) is 20.7 Å². The fourth-order valence-electron chi connectivity index (χ4n) is 1.55. The third-order valence-electron chi connectivity index (χ3n) is 2.37. The van der Waals surface area contributed by atoms with E-state index in [4.69, 9.17) is 9.47 Å². The first-order chi connectivity index (χ1) is 8.97. The van der Waals surface area contributed by atoms with Crippen LogP contribution in [-0.2, 0) is 9.53 Å². The maximum Gasteiger partial charge on any atom is 0.339 e. The summed E-state index contributed by atoms with van der Waals surface area (Å²) in [4.78, 5) is 11.5. The molecule has 0 saturated carbocycles. The maximum atomic E-state index is 13.8. The van der Waals surface area contributed by atoms with Crippen molar-refractivity contribution in [3.8, 4) is 11.5 Å². The second kappa shape index (κ2) is 6.72. The van der Waals surface area contributed by atoms with Gasteiger partial charge in [0.15, 0.2) is 17.7 Å². The number of esters is 1. The monoisotopic (exact) mass is 336 g/mol. The van der Waals surface area contributed by atoms with Gasteiger partial charge in [-0.15, -0.1) is 0 Å². The summed E-state index contributed by atoms with van der Waals surface area (Å²) < 4.78 is 28.5. The van der Waals surface area contributed by atoms with E-state index in [1.807, 2.05) is 0 Å². The molecule has 1 aromatic rings. The maximum absolute atomic E-state index is 13.8. The highest BCUT2D eigenvalue weighted by molar-refractivity contribution is 9.10. The van der Waals surface area contributed by atoms with Gasteiger partial charge in [-0.3, -0.25) is 0 Å². The van der Waals surface area contributed by atoms with Crippen molar-refractivity contribution in [1.29, 1.82) is 0 Å². The van der Waals surface area contributed by atoms with Gasteiger partial charge in [-0.25, -0.2) is 9.18 Å². The Kier molecular flexibility index (Phi) is 5.56. The van der Waals surface area contributed by atoms with E-state index in [9.17, 15) is 14.3 Å². The van der Waals surface area contributed by atoms with Gasteiger partial charge in [-0.2, -0.15) is 0 Å². The molecule has 0 bridgehead atoms. The lowest BCUT2D eigenvalue weighted by atomic mass is 10.1. The molecular weight excluding hydrogens is 323 g/mol. The summed E-state index contributed by atoms with van der Waals surface area (Å²) in [6, 6.07) is 0.976. The number of rotatable bonds is 5. The van der Waals surface area contributed by atoms with Gasteiger partial charge in [-0.1, -0.05) is 0 Å². The Morgan fingerprint density at radius 1 is 1.42 bits per heavy atom. The van der Waals surface area contributed by atoms with Gasteiger partial charge in [0.1, 0.15) is 10.2 Å². The fourth-order valence-corrected chi connectivity index (χ4v) is 2.29. The van der Waals surface area contributed by atoms with Gasteiger partial charge in [0, 0.05) is 5.56 Å². The SMILES string of the molecule is CCOC(=O)C(O)c1cc(F)c(OC)c(Br)c1OC. The lowest BCUT2D eigenvalue weighted by molar-refractivity contribution is -0.153. The molecular formula is C12H14BrFO5. The Morgan fingerprint density at radius 2 is 2.00 bits per heavy atom. The van der Waals surface area contributed by atoms with Crippen LogP contribution in [0.5, 0.6) is 11.5 Å². The Hall–Kier alpha value is -1.34. The standard InChI is InChI=1S/C12H14BrFO5/c1-4-19-12(16)9(15)6-5-7(14)11(18-3)8(13)10(6)17-2/h5,9,15H,4H2,1-3H3. The van der Waals surface area contributed by atoms with E-state index in [1.54, 1.807) is 6.92 Å². The molecule has 0 radical (unpaired) electrons. The molecule has 7 heteroatoms. The van der Waals surface area contributed by atoms with Crippen LogP contribution >= 0.6 is 15.9 Å². The van der Waals surface area contributed by atoms with Crippen LogP contribution in [0.3, 0.4) is 0 Å². The second-order valence-corrected chi connectivity index (χ2v) is 4.28. The molecule has 106 valence electrons. The Labute approximate surface area is 118 Å². The zero-order chi connectivity index (χ0) is 14.6. The smallest absolute Gasteiger partial charge is 0.339 e. The first-order valence-electron chi connectivity index (χ1n) is 5.42. The minimum Gasteiger partial charge on any atom is -0.495 e. The van der Waals surface area contributed by atoms with Crippen molar-refractivity contribution in [2.75, 3.05) is 20.8 Å². The van der Waals surface area contributed by atoms with Crippen molar-refractivity contribution in [2.45, 2.75) is 13.0 Å². The fraction of sp³-hybridized carbons (Fsp3) is 0.417. The number of benzene rings is 1. The molecule has 5 nitrogen and oxygen atoms in total. The van der Waals surface area contributed by atoms with Crippen molar-refractivity contribution in [1.82, 2.24) is 0 Å². The number of ether oxygens (including phenoxy) is 3. The van der Waals surface area contributed by atoms with E-state index in [1.165, 1.54) is 14.2 Å².